The number of hydrogen-bond acceptors (Lipinski definition) is 4. The van der Waals surface area contributed by atoms with E-state index in [1.807, 2.05) is 6.92 Å². The summed E-state index contributed by atoms with van der Waals surface area (Å²) >= 11 is 0. The van der Waals surface area contributed by atoms with Crippen LogP contribution in [0.25, 0.3) is 0 Å². The molecule has 1 fully saturated rings. The van der Waals surface area contributed by atoms with Gasteiger partial charge in [-0.15, -0.1) is 0 Å². The van der Waals surface area contributed by atoms with Gasteiger partial charge in [0.15, 0.2) is 0 Å². The van der Waals surface area contributed by atoms with Gasteiger partial charge in [-0.05, 0) is 19.8 Å². The maximum atomic E-state index is 5.56. The van der Waals surface area contributed by atoms with Crippen LogP contribution in [0.5, 0.6) is 0 Å². The van der Waals surface area contributed by atoms with Crippen molar-refractivity contribution in [3.8, 4) is 0 Å². The van der Waals surface area contributed by atoms with Gasteiger partial charge in [-0.1, -0.05) is 0 Å². The van der Waals surface area contributed by atoms with Crippen LogP contribution in [-0.2, 0) is 0 Å². The number of nitrogens with two attached hydrogens (primary N) is 1. The molecule has 4 heteroatoms. The zero-order valence-corrected chi connectivity index (χ0v) is 7.04. The molecule has 0 radical (unpaired) electrons. The second-order valence-corrected chi connectivity index (χ2v) is 3.18. The maximum Gasteiger partial charge on any atom is 0.225 e. The molecule has 12 heavy (non-hydrogen) atoms. The predicted molar refractivity (Wildman–Crippen MR) is 47.8 cm³/mol. The quantitative estimate of drug-likeness (QED) is 0.682. The normalized spacial score (nSPS) is 16.1. The highest BCUT2D eigenvalue weighted by molar-refractivity contribution is 5.39. The molecular formula is C8H12N4. The molecule has 0 aromatic carbocycles. The first-order valence-electron chi connectivity index (χ1n) is 4.12. The summed E-state index contributed by atoms with van der Waals surface area (Å²) < 4.78 is 0. The van der Waals surface area contributed by atoms with Crippen molar-refractivity contribution in [2.75, 3.05) is 11.1 Å². The third-order valence-corrected chi connectivity index (χ3v) is 1.78. The van der Waals surface area contributed by atoms with Crippen molar-refractivity contribution in [1.82, 2.24) is 9.97 Å². The molecule has 0 bridgehead atoms. The van der Waals surface area contributed by atoms with E-state index in [0.717, 1.165) is 5.69 Å². The molecule has 1 aromatic rings. The fourth-order valence-corrected chi connectivity index (χ4v) is 1.07. The van der Waals surface area contributed by atoms with Crippen molar-refractivity contribution in [2.24, 2.45) is 0 Å². The van der Waals surface area contributed by atoms with E-state index in [9.17, 15) is 0 Å². The van der Waals surface area contributed by atoms with Gasteiger partial charge in [0.25, 0.3) is 0 Å². The molecular weight excluding hydrogens is 152 g/mol. The van der Waals surface area contributed by atoms with Crippen molar-refractivity contribution in [3.63, 3.8) is 0 Å². The van der Waals surface area contributed by atoms with E-state index in [1.165, 1.54) is 12.8 Å². The van der Waals surface area contributed by atoms with Crippen molar-refractivity contribution >= 4 is 11.8 Å². The predicted octanol–water partition coefficient (Wildman–Crippen LogP) is 0.942. The van der Waals surface area contributed by atoms with E-state index < -0.39 is 0 Å². The number of rotatable bonds is 2. The van der Waals surface area contributed by atoms with Gasteiger partial charge in [0.2, 0.25) is 5.95 Å². The molecule has 0 amide bonds. The maximum absolute atomic E-state index is 5.56. The molecule has 64 valence electrons. The molecule has 0 unspecified atom stereocenters. The van der Waals surface area contributed by atoms with Crippen molar-refractivity contribution < 1.29 is 0 Å². The van der Waals surface area contributed by atoms with Crippen LogP contribution in [-0.4, -0.2) is 16.0 Å². The van der Waals surface area contributed by atoms with Crippen molar-refractivity contribution in [1.29, 1.82) is 0 Å². The fraction of sp³-hybridized carbons (Fsp3) is 0.500. The van der Waals surface area contributed by atoms with Crippen LogP contribution in [0.3, 0.4) is 0 Å². The monoisotopic (exact) mass is 164 g/mol. The minimum absolute atomic E-state index is 0.533. The summed E-state index contributed by atoms with van der Waals surface area (Å²) in [5, 5.41) is 3.20. The van der Waals surface area contributed by atoms with E-state index in [0.29, 0.717) is 17.8 Å². The highest BCUT2D eigenvalue weighted by atomic mass is 15.1. The summed E-state index contributed by atoms with van der Waals surface area (Å²) in [6.07, 6.45) is 2.44. The van der Waals surface area contributed by atoms with Crippen LogP contribution in [0.2, 0.25) is 0 Å². The molecule has 1 aliphatic carbocycles. The number of hydrogen-bond donors (Lipinski definition) is 2. The number of aryl methyl sites for hydroxylation is 1. The molecule has 1 heterocycles. The van der Waals surface area contributed by atoms with Crippen LogP contribution in [0, 0.1) is 6.92 Å². The Balaban J connectivity index is 2.18. The minimum Gasteiger partial charge on any atom is -0.384 e. The van der Waals surface area contributed by atoms with Gasteiger partial charge in [-0.2, -0.15) is 4.98 Å². The van der Waals surface area contributed by atoms with E-state index >= 15 is 0 Å². The second kappa shape index (κ2) is 2.62. The van der Waals surface area contributed by atoms with Crippen LogP contribution in [0.15, 0.2) is 6.07 Å². The average Bonchev–Trinajstić information content (AvgIpc) is 2.68. The van der Waals surface area contributed by atoms with Gasteiger partial charge in [0.1, 0.15) is 5.82 Å². The third-order valence-electron chi connectivity index (χ3n) is 1.78. The number of nitrogen functional groups attached to an aromatic ring is 1. The Morgan fingerprint density at radius 1 is 1.50 bits per heavy atom. The molecule has 0 aliphatic heterocycles. The number of nitrogens with one attached hydrogen (secondary N) is 1. The fourth-order valence-electron chi connectivity index (χ4n) is 1.07. The number of nitrogens with zero attached hydrogens (tertiary/aromatic N) is 2. The SMILES string of the molecule is Cc1cc(N)nc(NC2CC2)n1. The summed E-state index contributed by atoms with van der Waals surface area (Å²) in [5.74, 6) is 1.20. The Kier molecular flexibility index (Phi) is 1.60. The lowest BCUT2D eigenvalue weighted by atomic mass is 10.4. The summed E-state index contributed by atoms with van der Waals surface area (Å²) in [6, 6.07) is 2.34. The largest absolute Gasteiger partial charge is 0.384 e. The highest BCUT2D eigenvalue weighted by Crippen LogP contribution is 2.23. The van der Waals surface area contributed by atoms with E-state index in [-0.39, 0.29) is 0 Å². The minimum atomic E-state index is 0.533. The molecule has 0 atom stereocenters. The molecule has 3 N–H and O–H groups in total. The Hall–Kier alpha value is -1.32. The van der Waals surface area contributed by atoms with Crippen LogP contribution < -0.4 is 11.1 Å². The smallest absolute Gasteiger partial charge is 0.225 e. The summed E-state index contributed by atoms with van der Waals surface area (Å²) in [7, 11) is 0. The topological polar surface area (TPSA) is 63.8 Å². The molecule has 1 saturated carbocycles. The zero-order chi connectivity index (χ0) is 8.55. The lowest BCUT2D eigenvalue weighted by molar-refractivity contribution is 1.03. The van der Waals surface area contributed by atoms with Gasteiger partial charge >= 0.3 is 0 Å². The Morgan fingerprint density at radius 3 is 2.83 bits per heavy atom. The van der Waals surface area contributed by atoms with Gasteiger partial charge in [0, 0.05) is 17.8 Å². The first kappa shape index (κ1) is 7.34. The van der Waals surface area contributed by atoms with Crippen LogP contribution >= 0.6 is 0 Å². The first-order chi connectivity index (χ1) is 5.74. The highest BCUT2D eigenvalue weighted by Gasteiger charge is 2.21. The zero-order valence-electron chi connectivity index (χ0n) is 7.04. The van der Waals surface area contributed by atoms with Crippen molar-refractivity contribution in [3.05, 3.63) is 11.8 Å². The summed E-state index contributed by atoms with van der Waals surface area (Å²) in [4.78, 5) is 8.28. The van der Waals surface area contributed by atoms with Crippen LogP contribution in [0.1, 0.15) is 18.5 Å². The molecule has 1 aliphatic rings. The first-order valence-corrected chi connectivity index (χ1v) is 4.12. The lowest BCUT2D eigenvalue weighted by Gasteiger charge is -2.03. The van der Waals surface area contributed by atoms with Gasteiger partial charge in [0.05, 0.1) is 0 Å². The Bertz CT molecular complexity index is 273. The Labute approximate surface area is 71.2 Å². The van der Waals surface area contributed by atoms with E-state index in [4.69, 9.17) is 5.73 Å². The molecule has 0 spiro atoms. The Morgan fingerprint density at radius 2 is 2.25 bits per heavy atom. The van der Waals surface area contributed by atoms with Gasteiger partial charge < -0.3 is 11.1 Å². The van der Waals surface area contributed by atoms with Gasteiger partial charge in [-0.25, -0.2) is 4.98 Å². The van der Waals surface area contributed by atoms with Gasteiger partial charge in [-0.3, -0.25) is 0 Å². The second-order valence-electron chi connectivity index (χ2n) is 3.18. The van der Waals surface area contributed by atoms with Crippen molar-refractivity contribution in [2.45, 2.75) is 25.8 Å². The summed E-state index contributed by atoms with van der Waals surface area (Å²) in [5.41, 5.74) is 6.47. The molecule has 4 nitrogen and oxygen atoms in total. The average molecular weight is 164 g/mol. The summed E-state index contributed by atoms with van der Waals surface area (Å²) in [6.45, 7) is 1.91. The standard InChI is InChI=1S/C8H12N4/c1-5-4-7(9)12-8(10-5)11-6-2-3-6/h4,6H,2-3H2,1H3,(H3,9,10,11,12). The number of anilines is 2. The molecule has 2 rings (SSSR count). The molecule has 1 aromatic heterocycles. The molecule has 0 saturated heterocycles. The van der Waals surface area contributed by atoms with E-state index in [1.54, 1.807) is 6.07 Å². The lowest BCUT2D eigenvalue weighted by Crippen LogP contribution is -2.07. The van der Waals surface area contributed by atoms with E-state index in [2.05, 4.69) is 15.3 Å². The number of aromatic nitrogens is 2. The third kappa shape index (κ3) is 1.64. The van der Waals surface area contributed by atoms with Crippen LogP contribution in [0.4, 0.5) is 11.8 Å².